The fraction of sp³-hybridized carbons (Fsp3) is 0.417. The topological polar surface area (TPSA) is 109 Å². The highest BCUT2D eigenvalue weighted by Gasteiger charge is 2.40. The summed E-state index contributed by atoms with van der Waals surface area (Å²) in [6, 6.07) is 5.63. The van der Waals surface area contributed by atoms with Crippen LogP contribution in [0.5, 0.6) is 0 Å². The Morgan fingerprint density at radius 2 is 1.81 bits per heavy atom. The third-order valence-corrected chi connectivity index (χ3v) is 7.21. The van der Waals surface area contributed by atoms with Gasteiger partial charge in [0.2, 0.25) is 10.0 Å². The van der Waals surface area contributed by atoms with Crippen LogP contribution in [-0.4, -0.2) is 49.6 Å². The van der Waals surface area contributed by atoms with E-state index in [1.807, 2.05) is 0 Å². The number of sulfonamides is 1. The van der Waals surface area contributed by atoms with Gasteiger partial charge in [-0.15, -0.1) is 0 Å². The van der Waals surface area contributed by atoms with Crippen molar-refractivity contribution in [1.29, 1.82) is 0 Å². The first-order valence-corrected chi connectivity index (χ1v) is 9.74. The van der Waals surface area contributed by atoms with E-state index in [-0.39, 0.29) is 13.0 Å². The number of benzene rings is 1. The second-order valence-corrected chi connectivity index (χ2v) is 9.45. The normalized spacial score (nSPS) is 20.0. The Morgan fingerprint density at radius 3 is 2.33 bits per heavy atom. The molecule has 9 heteroatoms. The summed E-state index contributed by atoms with van der Waals surface area (Å²) < 4.78 is 47.7. The van der Waals surface area contributed by atoms with E-state index < -0.39 is 37.0 Å². The molecule has 21 heavy (non-hydrogen) atoms. The molecule has 1 N–H and O–H groups in total. The van der Waals surface area contributed by atoms with E-state index in [1.165, 1.54) is 0 Å². The maximum Gasteiger partial charge on any atom is 0.322 e. The number of fused-ring (bicyclic) bond motifs is 1. The van der Waals surface area contributed by atoms with Crippen molar-refractivity contribution in [3.05, 3.63) is 35.4 Å². The number of rotatable bonds is 4. The number of aliphatic carboxylic acids is 1. The minimum Gasteiger partial charge on any atom is -0.480 e. The molecule has 0 aliphatic carbocycles. The maximum atomic E-state index is 12.2. The van der Waals surface area contributed by atoms with Crippen LogP contribution in [0.25, 0.3) is 0 Å². The quantitative estimate of drug-likeness (QED) is 0.819. The molecular formula is C12H15NO6S2. The van der Waals surface area contributed by atoms with Crippen LogP contribution in [0.3, 0.4) is 0 Å². The lowest BCUT2D eigenvalue weighted by Gasteiger charge is -2.33. The van der Waals surface area contributed by atoms with E-state index >= 15 is 0 Å². The monoisotopic (exact) mass is 333 g/mol. The number of hydrogen-bond acceptors (Lipinski definition) is 5. The SMILES string of the molecule is CS(=O)(=O)CS(=O)(=O)N1Cc2ccccc2C[C@@H]1C(=O)O. The lowest BCUT2D eigenvalue weighted by molar-refractivity contribution is -0.141. The number of sulfone groups is 1. The van der Waals surface area contributed by atoms with Crippen molar-refractivity contribution in [2.45, 2.75) is 19.0 Å². The van der Waals surface area contributed by atoms with E-state index in [0.717, 1.165) is 16.1 Å². The van der Waals surface area contributed by atoms with E-state index in [0.29, 0.717) is 5.56 Å². The molecule has 1 atom stereocenters. The van der Waals surface area contributed by atoms with E-state index in [1.54, 1.807) is 24.3 Å². The molecular weight excluding hydrogens is 318 g/mol. The number of hydrogen-bond donors (Lipinski definition) is 1. The molecule has 0 unspecified atom stereocenters. The molecule has 0 fully saturated rings. The summed E-state index contributed by atoms with van der Waals surface area (Å²) in [5.74, 6) is -1.29. The van der Waals surface area contributed by atoms with Crippen LogP contribution in [0.1, 0.15) is 11.1 Å². The summed E-state index contributed by atoms with van der Waals surface area (Å²) in [6.45, 7) is -0.134. The molecule has 2 rings (SSSR count). The minimum absolute atomic E-state index is 0.0223. The highest BCUT2D eigenvalue weighted by atomic mass is 32.3. The summed E-state index contributed by atoms with van der Waals surface area (Å²) in [6.07, 6.45) is 0.826. The molecule has 1 aliphatic rings. The van der Waals surface area contributed by atoms with Gasteiger partial charge < -0.3 is 5.11 Å². The Morgan fingerprint density at radius 1 is 1.24 bits per heavy atom. The molecule has 0 bridgehead atoms. The molecule has 1 heterocycles. The van der Waals surface area contributed by atoms with Gasteiger partial charge in [0, 0.05) is 19.2 Å². The number of nitrogens with zero attached hydrogens (tertiary/aromatic N) is 1. The highest BCUT2D eigenvalue weighted by Crippen LogP contribution is 2.26. The highest BCUT2D eigenvalue weighted by molar-refractivity contribution is 8.06. The first-order chi connectivity index (χ1) is 9.60. The van der Waals surface area contributed by atoms with Crippen LogP contribution in [-0.2, 0) is 37.6 Å². The van der Waals surface area contributed by atoms with Gasteiger partial charge in [0.1, 0.15) is 6.04 Å². The molecule has 7 nitrogen and oxygen atoms in total. The van der Waals surface area contributed by atoms with Crippen molar-refractivity contribution < 1.29 is 26.7 Å². The predicted octanol–water partition coefficient (Wildman–Crippen LogP) is -0.170. The van der Waals surface area contributed by atoms with Gasteiger partial charge in [-0.2, -0.15) is 4.31 Å². The molecule has 1 aromatic rings. The zero-order valence-corrected chi connectivity index (χ0v) is 12.9. The van der Waals surface area contributed by atoms with Gasteiger partial charge in [-0.05, 0) is 11.1 Å². The van der Waals surface area contributed by atoms with Crippen molar-refractivity contribution in [3.63, 3.8) is 0 Å². The summed E-state index contributed by atoms with van der Waals surface area (Å²) in [4.78, 5) is 11.3. The molecule has 116 valence electrons. The molecule has 0 saturated carbocycles. The fourth-order valence-electron chi connectivity index (χ4n) is 2.34. The van der Waals surface area contributed by atoms with Crippen molar-refractivity contribution >= 4 is 25.8 Å². The van der Waals surface area contributed by atoms with Crippen LogP contribution in [0, 0.1) is 0 Å². The minimum atomic E-state index is -4.21. The maximum absolute atomic E-state index is 12.2. The van der Waals surface area contributed by atoms with Gasteiger partial charge in [-0.25, -0.2) is 16.8 Å². The average Bonchev–Trinajstić information content (AvgIpc) is 2.34. The van der Waals surface area contributed by atoms with Crippen molar-refractivity contribution in [2.24, 2.45) is 0 Å². The van der Waals surface area contributed by atoms with Gasteiger partial charge in [0.25, 0.3) is 0 Å². The lowest BCUT2D eigenvalue weighted by atomic mass is 9.96. The Bertz CT molecular complexity index is 769. The number of carboxylic acids is 1. The van der Waals surface area contributed by atoms with Crippen LogP contribution in [0.15, 0.2) is 24.3 Å². The summed E-state index contributed by atoms with van der Waals surface area (Å²) in [7, 11) is -7.99. The predicted molar refractivity (Wildman–Crippen MR) is 75.7 cm³/mol. The summed E-state index contributed by atoms with van der Waals surface area (Å²) >= 11 is 0. The Labute approximate surface area is 123 Å². The molecule has 0 saturated heterocycles. The van der Waals surface area contributed by atoms with Crippen LogP contribution in [0.2, 0.25) is 0 Å². The van der Waals surface area contributed by atoms with Crippen LogP contribution < -0.4 is 0 Å². The van der Waals surface area contributed by atoms with Gasteiger partial charge >= 0.3 is 5.97 Å². The third-order valence-electron chi connectivity index (χ3n) is 3.21. The van der Waals surface area contributed by atoms with Gasteiger partial charge in [-0.1, -0.05) is 24.3 Å². The number of carbonyl (C=O) groups is 1. The van der Waals surface area contributed by atoms with Gasteiger partial charge in [0.05, 0.1) is 0 Å². The molecule has 0 radical (unpaired) electrons. The molecule has 0 aromatic heterocycles. The summed E-state index contributed by atoms with van der Waals surface area (Å²) in [5.41, 5.74) is 1.45. The molecule has 0 amide bonds. The Balaban J connectivity index is 2.44. The molecule has 1 aromatic carbocycles. The third kappa shape index (κ3) is 3.60. The fourth-order valence-corrected chi connectivity index (χ4v) is 5.93. The van der Waals surface area contributed by atoms with E-state index in [9.17, 15) is 26.7 Å². The second-order valence-electron chi connectivity index (χ2n) is 5.03. The first kappa shape index (κ1) is 15.9. The zero-order chi connectivity index (χ0) is 15.8. The van der Waals surface area contributed by atoms with Crippen molar-refractivity contribution in [2.75, 3.05) is 11.3 Å². The molecule has 1 aliphatic heterocycles. The van der Waals surface area contributed by atoms with Gasteiger partial charge in [-0.3, -0.25) is 4.79 Å². The second kappa shape index (κ2) is 5.39. The van der Waals surface area contributed by atoms with Crippen molar-refractivity contribution in [1.82, 2.24) is 4.31 Å². The van der Waals surface area contributed by atoms with E-state index in [4.69, 9.17) is 0 Å². The Kier molecular flexibility index (Phi) is 4.09. The molecule has 0 spiro atoms. The lowest BCUT2D eigenvalue weighted by Crippen LogP contribution is -2.49. The van der Waals surface area contributed by atoms with Gasteiger partial charge in [0.15, 0.2) is 14.9 Å². The zero-order valence-electron chi connectivity index (χ0n) is 11.3. The number of carboxylic acid groups (broad SMARTS) is 1. The average molecular weight is 333 g/mol. The van der Waals surface area contributed by atoms with Crippen molar-refractivity contribution in [3.8, 4) is 0 Å². The first-order valence-electron chi connectivity index (χ1n) is 6.07. The Hall–Kier alpha value is -1.45. The van der Waals surface area contributed by atoms with Crippen LogP contribution >= 0.6 is 0 Å². The summed E-state index contributed by atoms with van der Waals surface area (Å²) in [5, 5.41) is 8.15. The smallest absolute Gasteiger partial charge is 0.322 e. The largest absolute Gasteiger partial charge is 0.480 e. The van der Waals surface area contributed by atoms with Crippen LogP contribution in [0.4, 0.5) is 0 Å². The standard InChI is InChI=1S/C12H15NO6S2/c1-20(16,17)8-21(18,19)13-7-10-5-3-2-4-9(10)6-11(13)12(14)15/h2-5,11H,6-8H2,1H3,(H,14,15)/t11-/m1/s1. The van der Waals surface area contributed by atoms with E-state index in [2.05, 4.69) is 0 Å².